The fraction of sp³-hybridized carbons (Fsp3) is 0.385. The minimum atomic E-state index is -0.997. The summed E-state index contributed by atoms with van der Waals surface area (Å²) >= 11 is 0. The van der Waals surface area contributed by atoms with Crippen LogP contribution in [0.4, 0.5) is 0 Å². The van der Waals surface area contributed by atoms with Gasteiger partial charge < -0.3 is 15.3 Å². The maximum Gasteiger partial charge on any atom is 0.335 e. The molecule has 0 aliphatic carbocycles. The molecule has 18 heavy (non-hydrogen) atoms. The number of aromatic carboxylic acids is 1. The maximum atomic E-state index is 11.8. The molecule has 5 heteroatoms. The van der Waals surface area contributed by atoms with Crippen molar-refractivity contribution in [1.82, 2.24) is 10.2 Å². The largest absolute Gasteiger partial charge is 0.478 e. The van der Waals surface area contributed by atoms with E-state index in [0.717, 1.165) is 0 Å². The zero-order chi connectivity index (χ0) is 13.7. The van der Waals surface area contributed by atoms with Gasteiger partial charge in [-0.15, -0.1) is 0 Å². The average Bonchev–Trinajstić information content (AvgIpc) is 2.35. The Hall–Kier alpha value is -1.88. The van der Waals surface area contributed by atoms with Gasteiger partial charge in [0, 0.05) is 18.2 Å². The molecule has 1 amide bonds. The molecule has 1 atom stereocenters. The highest BCUT2D eigenvalue weighted by Crippen LogP contribution is 2.04. The number of amides is 1. The molecular formula is C13H18N2O3. The monoisotopic (exact) mass is 250 g/mol. The minimum absolute atomic E-state index is 0.174. The normalized spacial score (nSPS) is 12.2. The lowest BCUT2D eigenvalue weighted by molar-refractivity contribution is 0.0696. The topological polar surface area (TPSA) is 69.6 Å². The first kappa shape index (κ1) is 14.2. The van der Waals surface area contributed by atoms with Crippen LogP contribution in [0.2, 0.25) is 0 Å². The number of carboxylic acids is 1. The average molecular weight is 250 g/mol. The number of hydrogen-bond donors (Lipinski definition) is 2. The Morgan fingerprint density at radius 3 is 2.17 bits per heavy atom. The van der Waals surface area contributed by atoms with E-state index in [2.05, 4.69) is 5.32 Å². The van der Waals surface area contributed by atoms with E-state index in [9.17, 15) is 9.59 Å². The predicted molar refractivity (Wildman–Crippen MR) is 68.9 cm³/mol. The second-order valence-electron chi connectivity index (χ2n) is 4.41. The van der Waals surface area contributed by atoms with Crippen LogP contribution in [-0.2, 0) is 0 Å². The Morgan fingerprint density at radius 2 is 1.72 bits per heavy atom. The fourth-order valence-electron chi connectivity index (χ4n) is 1.29. The molecule has 0 aliphatic heterocycles. The van der Waals surface area contributed by atoms with Gasteiger partial charge in [0.1, 0.15) is 0 Å². The molecular weight excluding hydrogens is 232 g/mol. The lowest BCUT2D eigenvalue weighted by Gasteiger charge is -2.19. The van der Waals surface area contributed by atoms with Crippen molar-refractivity contribution in [2.45, 2.75) is 13.0 Å². The molecule has 0 saturated carbocycles. The standard InChI is InChI=1S/C13H18N2O3/c1-9(15(2)3)8-14-12(16)10-4-6-11(7-5-10)13(17)18/h4-7,9H,8H2,1-3H3,(H,14,16)(H,17,18). The van der Waals surface area contributed by atoms with Gasteiger partial charge in [0.25, 0.3) is 5.91 Å². The minimum Gasteiger partial charge on any atom is -0.478 e. The van der Waals surface area contributed by atoms with Crippen molar-refractivity contribution in [3.05, 3.63) is 35.4 Å². The quantitative estimate of drug-likeness (QED) is 0.820. The van der Waals surface area contributed by atoms with Crippen LogP contribution in [0.5, 0.6) is 0 Å². The molecule has 98 valence electrons. The fourth-order valence-corrected chi connectivity index (χ4v) is 1.29. The van der Waals surface area contributed by atoms with E-state index in [-0.39, 0.29) is 17.5 Å². The molecule has 0 aliphatic rings. The maximum absolute atomic E-state index is 11.8. The van der Waals surface area contributed by atoms with Crippen LogP contribution in [0, 0.1) is 0 Å². The highest BCUT2D eigenvalue weighted by Gasteiger charge is 2.10. The van der Waals surface area contributed by atoms with E-state index >= 15 is 0 Å². The molecule has 5 nitrogen and oxygen atoms in total. The van der Waals surface area contributed by atoms with Gasteiger partial charge in [0.2, 0.25) is 0 Å². The van der Waals surface area contributed by atoms with E-state index in [1.165, 1.54) is 24.3 Å². The number of nitrogens with one attached hydrogen (secondary N) is 1. The lowest BCUT2D eigenvalue weighted by Crippen LogP contribution is -2.38. The predicted octanol–water partition coefficient (Wildman–Crippen LogP) is 1.06. The number of carboxylic acid groups (broad SMARTS) is 1. The van der Waals surface area contributed by atoms with Gasteiger partial charge in [0.05, 0.1) is 5.56 Å². The summed E-state index contributed by atoms with van der Waals surface area (Å²) in [7, 11) is 3.89. The molecule has 0 saturated heterocycles. The highest BCUT2D eigenvalue weighted by atomic mass is 16.4. The van der Waals surface area contributed by atoms with E-state index in [1.807, 2.05) is 25.9 Å². The molecule has 1 aromatic carbocycles. The number of nitrogens with zero attached hydrogens (tertiary/aromatic N) is 1. The number of carbonyl (C=O) groups excluding carboxylic acids is 1. The van der Waals surface area contributed by atoms with Gasteiger partial charge in [-0.2, -0.15) is 0 Å². The van der Waals surface area contributed by atoms with Crippen LogP contribution in [-0.4, -0.2) is 48.6 Å². The van der Waals surface area contributed by atoms with Crippen LogP contribution in [0.1, 0.15) is 27.6 Å². The summed E-state index contributed by atoms with van der Waals surface area (Å²) in [6.45, 7) is 2.56. The molecule has 2 N–H and O–H groups in total. The summed E-state index contributed by atoms with van der Waals surface area (Å²) in [6, 6.07) is 6.12. The molecule has 1 rings (SSSR count). The third-order valence-electron chi connectivity index (χ3n) is 2.83. The van der Waals surface area contributed by atoms with E-state index in [1.54, 1.807) is 0 Å². The van der Waals surface area contributed by atoms with Crippen LogP contribution in [0.25, 0.3) is 0 Å². The van der Waals surface area contributed by atoms with Crippen molar-refractivity contribution in [1.29, 1.82) is 0 Å². The van der Waals surface area contributed by atoms with E-state index in [4.69, 9.17) is 5.11 Å². The van der Waals surface area contributed by atoms with Crippen LogP contribution in [0.15, 0.2) is 24.3 Å². The first-order valence-corrected chi connectivity index (χ1v) is 5.70. The second kappa shape index (κ2) is 6.16. The molecule has 1 unspecified atom stereocenters. The number of hydrogen-bond acceptors (Lipinski definition) is 3. The van der Waals surface area contributed by atoms with Crippen molar-refractivity contribution in [2.24, 2.45) is 0 Å². The van der Waals surface area contributed by atoms with Crippen LogP contribution in [0.3, 0.4) is 0 Å². The third-order valence-corrected chi connectivity index (χ3v) is 2.83. The summed E-state index contributed by atoms with van der Waals surface area (Å²) in [5, 5.41) is 11.5. The summed E-state index contributed by atoms with van der Waals surface area (Å²) in [5.74, 6) is -1.19. The number of carbonyl (C=O) groups is 2. The lowest BCUT2D eigenvalue weighted by atomic mass is 10.1. The molecule has 0 aromatic heterocycles. The first-order valence-electron chi connectivity index (χ1n) is 5.70. The highest BCUT2D eigenvalue weighted by molar-refractivity contribution is 5.95. The summed E-state index contributed by atoms with van der Waals surface area (Å²) in [5.41, 5.74) is 0.638. The van der Waals surface area contributed by atoms with Crippen molar-refractivity contribution in [3.8, 4) is 0 Å². The third kappa shape index (κ3) is 3.85. The molecule has 1 aromatic rings. The zero-order valence-electron chi connectivity index (χ0n) is 10.8. The second-order valence-corrected chi connectivity index (χ2v) is 4.41. The molecule has 0 bridgehead atoms. The number of benzene rings is 1. The van der Waals surface area contributed by atoms with Gasteiger partial charge in [-0.05, 0) is 45.3 Å². The van der Waals surface area contributed by atoms with Gasteiger partial charge in [-0.3, -0.25) is 4.79 Å². The van der Waals surface area contributed by atoms with Crippen molar-refractivity contribution in [3.63, 3.8) is 0 Å². The Balaban J connectivity index is 2.59. The molecule has 0 fully saturated rings. The summed E-state index contributed by atoms with van der Waals surface area (Å²) < 4.78 is 0. The zero-order valence-corrected chi connectivity index (χ0v) is 10.8. The Bertz CT molecular complexity index is 426. The van der Waals surface area contributed by atoms with Crippen molar-refractivity contribution < 1.29 is 14.7 Å². The Kier molecular flexibility index (Phi) is 4.85. The number of likely N-dealkylation sites (N-methyl/N-ethyl adjacent to an activating group) is 1. The van der Waals surface area contributed by atoms with E-state index in [0.29, 0.717) is 12.1 Å². The van der Waals surface area contributed by atoms with Gasteiger partial charge in [0.15, 0.2) is 0 Å². The van der Waals surface area contributed by atoms with Crippen molar-refractivity contribution >= 4 is 11.9 Å². The first-order chi connectivity index (χ1) is 8.41. The van der Waals surface area contributed by atoms with Gasteiger partial charge in [-0.1, -0.05) is 0 Å². The van der Waals surface area contributed by atoms with Crippen LogP contribution < -0.4 is 5.32 Å². The van der Waals surface area contributed by atoms with Gasteiger partial charge >= 0.3 is 5.97 Å². The Morgan fingerprint density at radius 1 is 1.22 bits per heavy atom. The summed E-state index contributed by atoms with van der Waals surface area (Å²) in [4.78, 5) is 24.4. The molecule has 0 spiro atoms. The molecule has 0 heterocycles. The van der Waals surface area contributed by atoms with Crippen LogP contribution >= 0.6 is 0 Å². The SMILES string of the molecule is CC(CNC(=O)c1ccc(C(=O)O)cc1)N(C)C. The smallest absolute Gasteiger partial charge is 0.335 e. The van der Waals surface area contributed by atoms with Crippen molar-refractivity contribution in [2.75, 3.05) is 20.6 Å². The molecule has 0 radical (unpaired) electrons. The van der Waals surface area contributed by atoms with E-state index < -0.39 is 5.97 Å². The summed E-state index contributed by atoms with van der Waals surface area (Å²) in [6.07, 6.45) is 0. The van der Waals surface area contributed by atoms with Gasteiger partial charge in [-0.25, -0.2) is 4.79 Å². The number of rotatable bonds is 5. The Labute approximate surface area is 106 Å².